The summed E-state index contributed by atoms with van der Waals surface area (Å²) in [5.74, 6) is -0.0293. The van der Waals surface area contributed by atoms with E-state index in [0.717, 1.165) is 26.5 Å². The average molecular weight is 372 g/mol. The lowest BCUT2D eigenvalue weighted by Gasteiger charge is -2.20. The number of aromatic nitrogens is 1. The normalized spacial score (nSPS) is 10.9. The number of rotatable bonds is 4. The van der Waals surface area contributed by atoms with E-state index in [9.17, 15) is 4.79 Å². The lowest BCUT2D eigenvalue weighted by atomic mass is 10.1. The van der Waals surface area contributed by atoms with Crippen LogP contribution in [0.2, 0.25) is 0 Å². The molecule has 0 bridgehead atoms. The molecule has 1 amide bonds. The zero-order valence-electron chi connectivity index (χ0n) is 15.3. The van der Waals surface area contributed by atoms with Gasteiger partial charge in [-0.3, -0.25) is 9.69 Å². The summed E-state index contributed by atoms with van der Waals surface area (Å²) < 4.78 is 1.10. The predicted molar refractivity (Wildman–Crippen MR) is 112 cm³/mol. The smallest absolute Gasteiger partial charge is 0.260 e. The van der Waals surface area contributed by atoms with Gasteiger partial charge in [0.25, 0.3) is 5.91 Å². The maximum absolute atomic E-state index is 13.3. The van der Waals surface area contributed by atoms with Crippen molar-refractivity contribution >= 4 is 32.6 Å². The molecule has 0 fully saturated rings. The van der Waals surface area contributed by atoms with Gasteiger partial charge in [0.1, 0.15) is 0 Å². The Hall–Kier alpha value is -2.98. The maximum Gasteiger partial charge on any atom is 0.260 e. The van der Waals surface area contributed by atoms with Gasteiger partial charge in [0.05, 0.1) is 16.8 Å². The minimum absolute atomic E-state index is 0.0293. The van der Waals surface area contributed by atoms with Gasteiger partial charge in [-0.15, -0.1) is 0 Å². The highest BCUT2D eigenvalue weighted by Crippen LogP contribution is 2.31. The maximum atomic E-state index is 13.3. The summed E-state index contributed by atoms with van der Waals surface area (Å²) in [4.78, 5) is 19.9. The Balaban J connectivity index is 1.77. The number of carbonyl (C=O) groups is 1. The topological polar surface area (TPSA) is 33.2 Å². The molecule has 3 nitrogen and oxygen atoms in total. The molecule has 0 saturated carbocycles. The largest absolute Gasteiger partial charge is 0.279 e. The van der Waals surface area contributed by atoms with E-state index in [-0.39, 0.29) is 5.91 Å². The summed E-state index contributed by atoms with van der Waals surface area (Å²) in [6.07, 6.45) is 0. The van der Waals surface area contributed by atoms with E-state index in [0.29, 0.717) is 12.1 Å². The van der Waals surface area contributed by atoms with Crippen LogP contribution in [0.1, 0.15) is 27.0 Å². The molecule has 1 heterocycles. The van der Waals surface area contributed by atoms with Crippen LogP contribution in [0.25, 0.3) is 10.2 Å². The molecule has 0 aliphatic carbocycles. The quantitative estimate of drug-likeness (QED) is 0.456. The van der Waals surface area contributed by atoms with E-state index in [4.69, 9.17) is 4.98 Å². The molecule has 0 spiro atoms. The minimum atomic E-state index is -0.0293. The molecular weight excluding hydrogens is 352 g/mol. The van der Waals surface area contributed by atoms with Crippen LogP contribution >= 0.6 is 11.3 Å². The number of hydrogen-bond donors (Lipinski definition) is 0. The Labute approximate surface area is 162 Å². The Bertz CT molecular complexity index is 1100. The SMILES string of the molecule is Cc1cccc(C(=O)N(Cc2ccccc2)c2nc3ccc(C)cc3s2)c1. The van der Waals surface area contributed by atoms with Crippen LogP contribution in [-0.2, 0) is 6.54 Å². The van der Waals surface area contributed by atoms with Crippen molar-refractivity contribution in [3.63, 3.8) is 0 Å². The molecule has 4 rings (SSSR count). The van der Waals surface area contributed by atoms with Crippen molar-refractivity contribution < 1.29 is 4.79 Å². The summed E-state index contributed by atoms with van der Waals surface area (Å²) in [6, 6.07) is 23.9. The van der Waals surface area contributed by atoms with Gasteiger partial charge in [-0.05, 0) is 49.2 Å². The fourth-order valence-electron chi connectivity index (χ4n) is 3.06. The first kappa shape index (κ1) is 17.4. The third kappa shape index (κ3) is 3.76. The zero-order valence-corrected chi connectivity index (χ0v) is 16.2. The van der Waals surface area contributed by atoms with Crippen molar-refractivity contribution in [3.8, 4) is 0 Å². The number of amides is 1. The monoisotopic (exact) mass is 372 g/mol. The number of thiazole rings is 1. The van der Waals surface area contributed by atoms with Crippen LogP contribution in [0.3, 0.4) is 0 Å². The fourth-order valence-corrected chi connectivity index (χ4v) is 4.12. The average Bonchev–Trinajstić information content (AvgIpc) is 3.09. The van der Waals surface area contributed by atoms with Crippen molar-refractivity contribution in [2.75, 3.05) is 4.90 Å². The minimum Gasteiger partial charge on any atom is -0.279 e. The van der Waals surface area contributed by atoms with Crippen molar-refractivity contribution in [1.29, 1.82) is 0 Å². The van der Waals surface area contributed by atoms with Crippen molar-refractivity contribution in [2.24, 2.45) is 0 Å². The fraction of sp³-hybridized carbons (Fsp3) is 0.130. The first-order chi connectivity index (χ1) is 13.1. The van der Waals surface area contributed by atoms with Crippen molar-refractivity contribution in [1.82, 2.24) is 4.98 Å². The summed E-state index contributed by atoms with van der Waals surface area (Å²) in [5, 5.41) is 0.728. The lowest BCUT2D eigenvalue weighted by molar-refractivity contribution is 0.0985. The molecule has 134 valence electrons. The predicted octanol–water partition coefficient (Wildman–Crippen LogP) is 5.76. The first-order valence-electron chi connectivity index (χ1n) is 8.90. The van der Waals surface area contributed by atoms with Gasteiger partial charge in [-0.25, -0.2) is 4.98 Å². The molecule has 3 aromatic carbocycles. The van der Waals surface area contributed by atoms with Gasteiger partial charge in [0.2, 0.25) is 0 Å². The summed E-state index contributed by atoms with van der Waals surface area (Å²) in [5.41, 5.74) is 4.95. The second kappa shape index (κ2) is 7.33. The van der Waals surface area contributed by atoms with Crippen LogP contribution in [0, 0.1) is 13.8 Å². The van der Waals surface area contributed by atoms with E-state index in [1.165, 1.54) is 5.56 Å². The second-order valence-corrected chi connectivity index (χ2v) is 7.72. The molecule has 4 aromatic rings. The number of nitrogens with zero attached hydrogens (tertiary/aromatic N) is 2. The number of carbonyl (C=O) groups excluding carboxylic acids is 1. The molecule has 0 radical (unpaired) electrons. The number of hydrogen-bond acceptors (Lipinski definition) is 3. The molecule has 27 heavy (non-hydrogen) atoms. The third-order valence-electron chi connectivity index (χ3n) is 4.46. The summed E-state index contributed by atoms with van der Waals surface area (Å²) in [6.45, 7) is 4.56. The number of anilines is 1. The van der Waals surface area contributed by atoms with E-state index in [2.05, 4.69) is 19.1 Å². The summed E-state index contributed by atoms with van der Waals surface area (Å²) in [7, 11) is 0. The van der Waals surface area contributed by atoms with E-state index in [1.54, 1.807) is 16.2 Å². The zero-order chi connectivity index (χ0) is 18.8. The van der Waals surface area contributed by atoms with Crippen molar-refractivity contribution in [2.45, 2.75) is 20.4 Å². The molecule has 1 aromatic heterocycles. The molecule has 0 N–H and O–H groups in total. The van der Waals surface area contributed by atoms with Gasteiger partial charge in [-0.1, -0.05) is 65.4 Å². The Morgan fingerprint density at radius 1 is 0.926 bits per heavy atom. The van der Waals surface area contributed by atoms with Gasteiger partial charge in [0.15, 0.2) is 5.13 Å². The van der Waals surface area contributed by atoms with Crippen molar-refractivity contribution in [3.05, 3.63) is 95.1 Å². The number of aryl methyl sites for hydroxylation is 2. The highest BCUT2D eigenvalue weighted by atomic mass is 32.1. The van der Waals surface area contributed by atoms with Gasteiger partial charge in [0, 0.05) is 5.56 Å². The van der Waals surface area contributed by atoms with Gasteiger partial charge in [-0.2, -0.15) is 0 Å². The molecule has 0 unspecified atom stereocenters. The lowest BCUT2D eigenvalue weighted by Crippen LogP contribution is -2.30. The van der Waals surface area contributed by atoms with E-state index < -0.39 is 0 Å². The van der Waals surface area contributed by atoms with Crippen LogP contribution in [0.5, 0.6) is 0 Å². The Morgan fingerprint density at radius 2 is 1.70 bits per heavy atom. The standard InChI is InChI=1S/C23H20N2OS/c1-16-7-6-10-19(13-16)22(26)25(15-18-8-4-3-5-9-18)23-24-20-12-11-17(2)14-21(20)27-23/h3-14H,15H2,1-2H3. The highest BCUT2D eigenvalue weighted by Gasteiger charge is 2.22. The summed E-state index contributed by atoms with van der Waals surface area (Å²) >= 11 is 1.56. The van der Waals surface area contributed by atoms with Crippen LogP contribution in [0.4, 0.5) is 5.13 Å². The van der Waals surface area contributed by atoms with E-state index >= 15 is 0 Å². The molecule has 4 heteroatoms. The third-order valence-corrected chi connectivity index (χ3v) is 5.50. The molecular formula is C23H20N2OS. The van der Waals surface area contributed by atoms with Crippen LogP contribution < -0.4 is 4.90 Å². The van der Waals surface area contributed by atoms with Gasteiger partial charge < -0.3 is 0 Å². The molecule has 0 saturated heterocycles. The van der Waals surface area contributed by atoms with Gasteiger partial charge >= 0.3 is 0 Å². The Kier molecular flexibility index (Phi) is 4.73. The molecule has 0 aliphatic heterocycles. The number of fused-ring (bicyclic) bond motifs is 1. The second-order valence-electron chi connectivity index (χ2n) is 6.71. The molecule has 0 aliphatic rings. The first-order valence-corrected chi connectivity index (χ1v) is 9.71. The highest BCUT2D eigenvalue weighted by molar-refractivity contribution is 7.22. The Morgan fingerprint density at radius 3 is 2.48 bits per heavy atom. The molecule has 0 atom stereocenters. The number of benzene rings is 3. The van der Waals surface area contributed by atoms with Crippen LogP contribution in [0.15, 0.2) is 72.8 Å². The van der Waals surface area contributed by atoms with E-state index in [1.807, 2.05) is 67.6 Å². The van der Waals surface area contributed by atoms with Crippen LogP contribution in [-0.4, -0.2) is 10.9 Å².